The molecule has 1 aliphatic rings. The van der Waals surface area contributed by atoms with E-state index >= 15 is 0 Å². The fourth-order valence-corrected chi connectivity index (χ4v) is 4.76. The van der Waals surface area contributed by atoms with Crippen molar-refractivity contribution in [2.45, 2.75) is 36.7 Å². The van der Waals surface area contributed by atoms with Crippen LogP contribution >= 0.6 is 11.8 Å². The van der Waals surface area contributed by atoms with Crippen molar-refractivity contribution in [2.75, 3.05) is 32.1 Å². The van der Waals surface area contributed by atoms with E-state index in [1.165, 1.54) is 0 Å². The minimum atomic E-state index is -1.23. The standard InChI is InChI=1S/C18H27NO3S/c1-19(2)12-6-9-18(16(20)21,15-7-4-3-5-8-15)17(22)10-13-23-14-11-17/h3-5,7-8,22H,6,9-14H2,1-2H3,(H,20,21). The summed E-state index contributed by atoms with van der Waals surface area (Å²) in [6.45, 7) is 0.812. The summed E-state index contributed by atoms with van der Waals surface area (Å²) in [6.07, 6.45) is 2.25. The van der Waals surface area contributed by atoms with E-state index in [0.29, 0.717) is 19.3 Å². The van der Waals surface area contributed by atoms with Gasteiger partial charge < -0.3 is 15.1 Å². The molecule has 1 aromatic carbocycles. The van der Waals surface area contributed by atoms with Gasteiger partial charge in [-0.15, -0.1) is 0 Å². The quantitative estimate of drug-likeness (QED) is 0.801. The maximum Gasteiger partial charge on any atom is 0.317 e. The second kappa shape index (κ2) is 7.69. The van der Waals surface area contributed by atoms with E-state index in [9.17, 15) is 15.0 Å². The Kier molecular flexibility index (Phi) is 6.12. The van der Waals surface area contributed by atoms with E-state index in [-0.39, 0.29) is 0 Å². The lowest BCUT2D eigenvalue weighted by atomic mass is 9.62. The molecule has 1 heterocycles. The second-order valence-electron chi connectivity index (χ2n) is 6.63. The number of carboxylic acid groups (broad SMARTS) is 1. The van der Waals surface area contributed by atoms with Crippen LogP contribution in [0.15, 0.2) is 30.3 Å². The van der Waals surface area contributed by atoms with Crippen LogP contribution < -0.4 is 0 Å². The number of benzene rings is 1. The summed E-state index contributed by atoms with van der Waals surface area (Å²) >= 11 is 1.79. The fourth-order valence-electron chi connectivity index (χ4n) is 3.59. The van der Waals surface area contributed by atoms with Crippen molar-refractivity contribution >= 4 is 17.7 Å². The van der Waals surface area contributed by atoms with Crippen molar-refractivity contribution in [1.29, 1.82) is 0 Å². The molecule has 0 bridgehead atoms. The molecular weight excluding hydrogens is 310 g/mol. The van der Waals surface area contributed by atoms with Crippen molar-refractivity contribution < 1.29 is 15.0 Å². The fraction of sp³-hybridized carbons (Fsp3) is 0.611. The molecule has 1 aliphatic heterocycles. The lowest BCUT2D eigenvalue weighted by Gasteiger charge is -2.47. The first-order valence-electron chi connectivity index (χ1n) is 8.16. The van der Waals surface area contributed by atoms with Crippen molar-refractivity contribution in [3.05, 3.63) is 35.9 Å². The van der Waals surface area contributed by atoms with Gasteiger partial charge in [-0.05, 0) is 63.4 Å². The van der Waals surface area contributed by atoms with Crippen LogP contribution in [0, 0.1) is 0 Å². The highest BCUT2D eigenvalue weighted by Gasteiger charge is 2.56. The van der Waals surface area contributed by atoms with E-state index in [2.05, 4.69) is 4.90 Å². The smallest absolute Gasteiger partial charge is 0.317 e. The van der Waals surface area contributed by atoms with Crippen molar-refractivity contribution in [3.8, 4) is 0 Å². The number of aliphatic carboxylic acids is 1. The van der Waals surface area contributed by atoms with Gasteiger partial charge in [-0.1, -0.05) is 30.3 Å². The third kappa shape index (κ3) is 3.73. The first-order valence-corrected chi connectivity index (χ1v) is 9.32. The highest BCUT2D eigenvalue weighted by atomic mass is 32.2. The molecule has 1 saturated heterocycles. The molecule has 0 amide bonds. The molecule has 0 radical (unpaired) electrons. The molecule has 1 atom stereocenters. The number of hydrogen-bond donors (Lipinski definition) is 2. The molecule has 2 rings (SSSR count). The van der Waals surface area contributed by atoms with E-state index < -0.39 is 17.0 Å². The highest BCUT2D eigenvalue weighted by molar-refractivity contribution is 7.99. The third-order valence-corrected chi connectivity index (χ3v) is 5.89. The third-order valence-electron chi connectivity index (χ3n) is 4.90. The SMILES string of the molecule is CN(C)CCCC(C(=O)O)(c1ccccc1)C1(O)CCSCC1. The zero-order valence-electron chi connectivity index (χ0n) is 14.0. The van der Waals surface area contributed by atoms with Gasteiger partial charge in [0.05, 0.1) is 5.60 Å². The monoisotopic (exact) mass is 337 g/mol. The maximum absolute atomic E-state index is 12.4. The van der Waals surface area contributed by atoms with Crippen LogP contribution in [0.5, 0.6) is 0 Å². The lowest BCUT2D eigenvalue weighted by molar-refractivity contribution is -0.159. The van der Waals surface area contributed by atoms with Crippen LogP contribution in [-0.4, -0.2) is 58.8 Å². The Labute approximate surface area is 142 Å². The van der Waals surface area contributed by atoms with Crippen LogP contribution in [0.1, 0.15) is 31.2 Å². The Morgan fingerprint density at radius 1 is 1.26 bits per heavy atom. The Bertz CT molecular complexity index is 514. The molecule has 0 saturated carbocycles. The van der Waals surface area contributed by atoms with E-state index in [4.69, 9.17) is 0 Å². The van der Waals surface area contributed by atoms with Crippen LogP contribution in [0.2, 0.25) is 0 Å². The van der Waals surface area contributed by atoms with Gasteiger partial charge >= 0.3 is 5.97 Å². The zero-order valence-corrected chi connectivity index (χ0v) is 14.8. The van der Waals surface area contributed by atoms with Gasteiger partial charge in [0.25, 0.3) is 0 Å². The van der Waals surface area contributed by atoms with Gasteiger partial charge in [0.2, 0.25) is 0 Å². The molecule has 23 heavy (non-hydrogen) atoms. The topological polar surface area (TPSA) is 60.8 Å². The predicted molar refractivity (Wildman–Crippen MR) is 95.1 cm³/mol. The number of nitrogens with zero attached hydrogens (tertiary/aromatic N) is 1. The largest absolute Gasteiger partial charge is 0.480 e. The van der Waals surface area contributed by atoms with Gasteiger partial charge in [-0.2, -0.15) is 11.8 Å². The zero-order chi connectivity index (χ0) is 16.9. The van der Waals surface area contributed by atoms with Gasteiger partial charge in [0.1, 0.15) is 5.41 Å². The van der Waals surface area contributed by atoms with E-state index in [1.54, 1.807) is 11.8 Å². The molecule has 0 spiro atoms. The Hall–Kier alpha value is -1.04. The number of hydrogen-bond acceptors (Lipinski definition) is 4. The summed E-state index contributed by atoms with van der Waals surface area (Å²) in [6, 6.07) is 9.31. The maximum atomic E-state index is 12.4. The van der Waals surface area contributed by atoms with E-state index in [1.807, 2.05) is 44.4 Å². The Morgan fingerprint density at radius 3 is 2.39 bits per heavy atom. The number of carboxylic acids is 1. The molecule has 2 N–H and O–H groups in total. The van der Waals surface area contributed by atoms with Gasteiger partial charge in [-0.25, -0.2) is 0 Å². The second-order valence-corrected chi connectivity index (χ2v) is 7.85. The Balaban J connectivity index is 2.44. The van der Waals surface area contributed by atoms with Crippen molar-refractivity contribution in [2.24, 2.45) is 0 Å². The number of thioether (sulfide) groups is 1. The summed E-state index contributed by atoms with van der Waals surface area (Å²) in [5, 5.41) is 21.5. The normalized spacial score (nSPS) is 20.2. The molecule has 1 aromatic rings. The van der Waals surface area contributed by atoms with E-state index in [0.717, 1.165) is 30.0 Å². The first kappa shape index (κ1) is 18.3. The summed E-state index contributed by atoms with van der Waals surface area (Å²) in [7, 11) is 3.97. The van der Waals surface area contributed by atoms with Gasteiger partial charge in [0, 0.05) is 0 Å². The minimum Gasteiger partial charge on any atom is -0.480 e. The first-order chi connectivity index (χ1) is 10.9. The highest BCUT2D eigenvalue weighted by Crippen LogP contribution is 2.47. The molecule has 0 aliphatic carbocycles. The average molecular weight is 337 g/mol. The predicted octanol–water partition coefficient (Wildman–Crippen LogP) is 2.61. The van der Waals surface area contributed by atoms with Crippen molar-refractivity contribution in [3.63, 3.8) is 0 Å². The molecular formula is C18H27NO3S. The summed E-state index contributed by atoms with van der Waals surface area (Å²) < 4.78 is 0. The summed E-state index contributed by atoms with van der Waals surface area (Å²) in [5.74, 6) is 0.717. The molecule has 1 unspecified atom stereocenters. The van der Waals surface area contributed by atoms with Gasteiger partial charge in [0.15, 0.2) is 0 Å². The average Bonchev–Trinajstić information content (AvgIpc) is 2.52. The van der Waals surface area contributed by atoms with Gasteiger partial charge in [-0.3, -0.25) is 4.79 Å². The number of carbonyl (C=O) groups is 1. The molecule has 4 nitrogen and oxygen atoms in total. The van der Waals surface area contributed by atoms with Crippen LogP contribution in [0.3, 0.4) is 0 Å². The van der Waals surface area contributed by atoms with Crippen LogP contribution in [0.4, 0.5) is 0 Å². The molecule has 0 aromatic heterocycles. The molecule has 1 fully saturated rings. The van der Waals surface area contributed by atoms with Crippen LogP contribution in [-0.2, 0) is 10.2 Å². The molecule has 128 valence electrons. The molecule has 5 heteroatoms. The summed E-state index contributed by atoms with van der Waals surface area (Å²) in [4.78, 5) is 14.5. The Morgan fingerprint density at radius 2 is 1.87 bits per heavy atom. The lowest BCUT2D eigenvalue weighted by Crippen LogP contribution is -2.58. The van der Waals surface area contributed by atoms with Crippen LogP contribution in [0.25, 0.3) is 0 Å². The number of rotatable bonds is 7. The number of aliphatic hydroxyl groups is 1. The van der Waals surface area contributed by atoms with Crippen molar-refractivity contribution in [1.82, 2.24) is 4.90 Å². The minimum absolute atomic E-state index is 0.450. The summed E-state index contributed by atoms with van der Waals surface area (Å²) in [5.41, 5.74) is -1.69.